The van der Waals surface area contributed by atoms with E-state index in [1.165, 1.54) is 37.9 Å². The number of nitrogens with zero attached hydrogens (tertiary/aromatic N) is 4. The Kier molecular flexibility index (Phi) is 5.47. The summed E-state index contributed by atoms with van der Waals surface area (Å²) < 4.78 is 13.9. The highest BCUT2D eigenvalue weighted by Gasteiger charge is 2.22. The Balaban J connectivity index is 1.58. The van der Waals surface area contributed by atoms with Gasteiger partial charge >= 0.3 is 0 Å². The molecule has 7 nitrogen and oxygen atoms in total. The Labute approximate surface area is 163 Å². The predicted molar refractivity (Wildman–Crippen MR) is 106 cm³/mol. The first-order valence-corrected chi connectivity index (χ1v) is 9.91. The Morgan fingerprint density at radius 2 is 2.07 bits per heavy atom. The lowest BCUT2D eigenvalue weighted by molar-refractivity contribution is 0.306. The molecule has 0 amide bonds. The van der Waals surface area contributed by atoms with Crippen LogP contribution in [0.5, 0.6) is 0 Å². The number of nitrogens with one attached hydrogen (secondary N) is 2. The van der Waals surface area contributed by atoms with Gasteiger partial charge < -0.3 is 11.1 Å². The van der Waals surface area contributed by atoms with Crippen molar-refractivity contribution in [1.82, 2.24) is 30.7 Å². The third kappa shape index (κ3) is 4.11. The number of aromatic amines is 1. The molecule has 0 aromatic carbocycles. The minimum absolute atomic E-state index is 0.101. The largest absolute Gasteiger partial charge is 0.384 e. The summed E-state index contributed by atoms with van der Waals surface area (Å²) in [6.45, 7) is 3.14. The summed E-state index contributed by atoms with van der Waals surface area (Å²) in [5.41, 5.74) is 8.89. The van der Waals surface area contributed by atoms with Crippen molar-refractivity contribution in [2.75, 3.05) is 12.3 Å². The van der Waals surface area contributed by atoms with Gasteiger partial charge in [-0.2, -0.15) is 0 Å². The molecular weight excluding hydrogens is 357 g/mol. The van der Waals surface area contributed by atoms with Gasteiger partial charge in [-0.1, -0.05) is 12.1 Å². The number of hydrogen-bond acceptors (Lipinski definition) is 6. The molecule has 4 rings (SSSR count). The first-order valence-electron chi connectivity index (χ1n) is 9.91. The molecule has 1 aliphatic carbocycles. The SMILES string of the molecule is C[C@H]1CC[C@H](NCCC(c2cncc(F)c2)c2cc(N)nc3[nH]nnc23)CC1. The average Bonchev–Trinajstić information content (AvgIpc) is 3.14. The molecule has 0 aliphatic heterocycles. The van der Waals surface area contributed by atoms with Crippen LogP contribution < -0.4 is 11.1 Å². The molecule has 3 aromatic rings. The normalized spacial score (nSPS) is 21.1. The first-order chi connectivity index (χ1) is 13.6. The van der Waals surface area contributed by atoms with E-state index in [4.69, 9.17) is 5.73 Å². The zero-order valence-corrected chi connectivity index (χ0v) is 16.0. The minimum Gasteiger partial charge on any atom is -0.384 e. The number of rotatable bonds is 6. The molecule has 28 heavy (non-hydrogen) atoms. The lowest BCUT2D eigenvalue weighted by Gasteiger charge is -2.28. The highest BCUT2D eigenvalue weighted by Crippen LogP contribution is 2.32. The topological polar surface area (TPSA) is 105 Å². The Hall–Kier alpha value is -2.61. The number of H-pyrrole nitrogens is 1. The van der Waals surface area contributed by atoms with E-state index >= 15 is 0 Å². The number of anilines is 1. The van der Waals surface area contributed by atoms with Crippen molar-refractivity contribution in [2.45, 2.75) is 51.0 Å². The van der Waals surface area contributed by atoms with Crippen LogP contribution >= 0.6 is 0 Å². The second-order valence-corrected chi connectivity index (χ2v) is 7.83. The second-order valence-electron chi connectivity index (χ2n) is 7.83. The third-order valence-corrected chi connectivity index (χ3v) is 5.73. The summed E-state index contributed by atoms with van der Waals surface area (Å²) in [4.78, 5) is 8.28. The van der Waals surface area contributed by atoms with Crippen molar-refractivity contribution in [1.29, 1.82) is 0 Å². The number of hydrogen-bond donors (Lipinski definition) is 3. The van der Waals surface area contributed by atoms with Gasteiger partial charge in [-0.05, 0) is 67.8 Å². The molecule has 0 bridgehead atoms. The molecule has 4 N–H and O–H groups in total. The molecule has 1 atom stereocenters. The Morgan fingerprint density at radius 1 is 1.25 bits per heavy atom. The number of aromatic nitrogens is 5. The fourth-order valence-corrected chi connectivity index (χ4v) is 4.17. The van der Waals surface area contributed by atoms with Crippen LogP contribution in [0.4, 0.5) is 10.2 Å². The fourth-order valence-electron chi connectivity index (χ4n) is 4.17. The number of pyridine rings is 2. The van der Waals surface area contributed by atoms with E-state index in [-0.39, 0.29) is 11.7 Å². The predicted octanol–water partition coefficient (Wildman–Crippen LogP) is 3.16. The molecule has 8 heteroatoms. The highest BCUT2D eigenvalue weighted by molar-refractivity contribution is 5.77. The summed E-state index contributed by atoms with van der Waals surface area (Å²) in [6, 6.07) is 3.89. The number of fused-ring (bicyclic) bond motifs is 1. The van der Waals surface area contributed by atoms with Crippen molar-refractivity contribution in [3.8, 4) is 0 Å². The molecule has 1 fully saturated rings. The maximum atomic E-state index is 13.9. The van der Waals surface area contributed by atoms with Gasteiger partial charge in [0.2, 0.25) is 0 Å². The summed E-state index contributed by atoms with van der Waals surface area (Å²) in [5, 5.41) is 14.5. The van der Waals surface area contributed by atoms with Crippen LogP contribution in [-0.2, 0) is 0 Å². The van der Waals surface area contributed by atoms with Crippen LogP contribution in [0.2, 0.25) is 0 Å². The lowest BCUT2D eigenvalue weighted by Crippen LogP contribution is -2.34. The lowest BCUT2D eigenvalue weighted by atomic mass is 9.86. The van der Waals surface area contributed by atoms with Crippen LogP contribution in [0, 0.1) is 11.7 Å². The standard InChI is InChI=1S/C20H26FN7/c1-12-2-4-15(5-3-12)24-7-6-16(13-8-14(21)11-23-10-13)17-9-18(22)25-20-19(17)26-28-27-20/h8-12,15-16,24H,2-7H2,1H3,(H3,22,25,26,27,28)/t12-,15-,16?. The van der Waals surface area contributed by atoms with E-state index in [2.05, 4.69) is 37.6 Å². The van der Waals surface area contributed by atoms with Gasteiger partial charge in [0.15, 0.2) is 5.65 Å². The van der Waals surface area contributed by atoms with Gasteiger partial charge in [0, 0.05) is 18.2 Å². The van der Waals surface area contributed by atoms with Crippen molar-refractivity contribution in [2.24, 2.45) is 5.92 Å². The van der Waals surface area contributed by atoms with Gasteiger partial charge in [-0.15, -0.1) is 5.10 Å². The van der Waals surface area contributed by atoms with Crippen molar-refractivity contribution in [3.63, 3.8) is 0 Å². The molecule has 0 spiro atoms. The van der Waals surface area contributed by atoms with Gasteiger partial charge in [-0.3, -0.25) is 4.98 Å². The van der Waals surface area contributed by atoms with E-state index in [0.29, 0.717) is 23.0 Å². The highest BCUT2D eigenvalue weighted by atomic mass is 19.1. The molecule has 1 unspecified atom stereocenters. The van der Waals surface area contributed by atoms with Gasteiger partial charge in [-0.25, -0.2) is 14.5 Å². The Bertz CT molecular complexity index is 933. The van der Waals surface area contributed by atoms with Gasteiger partial charge in [0.05, 0.1) is 6.20 Å². The van der Waals surface area contributed by atoms with Crippen LogP contribution in [0.1, 0.15) is 56.1 Å². The number of nitrogens with two attached hydrogens (primary N) is 1. The van der Waals surface area contributed by atoms with Gasteiger partial charge in [0.25, 0.3) is 0 Å². The second kappa shape index (κ2) is 8.18. The maximum absolute atomic E-state index is 13.9. The van der Waals surface area contributed by atoms with E-state index < -0.39 is 0 Å². The smallest absolute Gasteiger partial charge is 0.178 e. The van der Waals surface area contributed by atoms with Gasteiger partial charge in [0.1, 0.15) is 17.2 Å². The van der Waals surface area contributed by atoms with Crippen LogP contribution in [0.25, 0.3) is 11.2 Å². The molecule has 1 aliphatic rings. The van der Waals surface area contributed by atoms with Crippen LogP contribution in [0.3, 0.4) is 0 Å². The molecular formula is C20H26FN7. The monoisotopic (exact) mass is 383 g/mol. The van der Waals surface area contributed by atoms with Crippen molar-refractivity contribution in [3.05, 3.63) is 41.5 Å². The van der Waals surface area contributed by atoms with E-state index in [9.17, 15) is 4.39 Å². The maximum Gasteiger partial charge on any atom is 0.178 e. The zero-order chi connectivity index (χ0) is 19.5. The van der Waals surface area contributed by atoms with E-state index in [0.717, 1.165) is 30.0 Å². The summed E-state index contributed by atoms with van der Waals surface area (Å²) in [7, 11) is 0. The minimum atomic E-state index is -0.352. The first kappa shape index (κ1) is 18.7. The quantitative estimate of drug-likeness (QED) is 0.604. The third-order valence-electron chi connectivity index (χ3n) is 5.73. The average molecular weight is 383 g/mol. The Morgan fingerprint density at radius 3 is 2.86 bits per heavy atom. The van der Waals surface area contributed by atoms with Crippen molar-refractivity contribution < 1.29 is 4.39 Å². The summed E-state index contributed by atoms with van der Waals surface area (Å²) in [5.74, 6) is 0.757. The van der Waals surface area contributed by atoms with Crippen LogP contribution in [-0.4, -0.2) is 38.0 Å². The molecule has 0 radical (unpaired) electrons. The number of nitrogen functional groups attached to an aromatic ring is 1. The molecule has 1 saturated carbocycles. The molecule has 3 aromatic heterocycles. The van der Waals surface area contributed by atoms with E-state index in [1.807, 2.05) is 6.07 Å². The molecule has 148 valence electrons. The summed E-state index contributed by atoms with van der Waals surface area (Å²) >= 11 is 0. The zero-order valence-electron chi connectivity index (χ0n) is 16.0. The molecule has 3 heterocycles. The molecule has 0 saturated heterocycles. The number of halogens is 1. The van der Waals surface area contributed by atoms with Crippen LogP contribution in [0.15, 0.2) is 24.5 Å². The van der Waals surface area contributed by atoms with E-state index in [1.54, 1.807) is 6.20 Å². The fraction of sp³-hybridized carbons (Fsp3) is 0.500. The van der Waals surface area contributed by atoms with Crippen molar-refractivity contribution >= 4 is 17.0 Å². The summed E-state index contributed by atoms with van der Waals surface area (Å²) in [6.07, 6.45) is 8.67.